The van der Waals surface area contributed by atoms with Crippen molar-refractivity contribution in [2.75, 3.05) is 5.32 Å². The second-order valence-corrected chi connectivity index (χ2v) is 5.84. The average molecular weight is 339 g/mol. The molecule has 5 nitrogen and oxygen atoms in total. The third-order valence-electron chi connectivity index (χ3n) is 3.15. The summed E-state index contributed by atoms with van der Waals surface area (Å²) in [5, 5.41) is 6.04. The summed E-state index contributed by atoms with van der Waals surface area (Å²) in [6.07, 6.45) is -2.21. The van der Waals surface area contributed by atoms with Gasteiger partial charge in [-0.25, -0.2) is 19.9 Å². The highest BCUT2D eigenvalue weighted by molar-refractivity contribution is 7.17. The molecule has 0 saturated heterocycles. The van der Waals surface area contributed by atoms with Crippen LogP contribution in [0.5, 0.6) is 0 Å². The third kappa shape index (κ3) is 3.24. The molecule has 0 spiro atoms. The standard InChI is InChI=1S/C14H12F3N5S/c1-7-6-23-12-10(7)11(21-8(2)22-12)18-3-9-4-19-13(20-5-9)14(15,16)17/h4-6H,3H2,1-2H3,(H,18,21,22). The first-order valence-corrected chi connectivity index (χ1v) is 7.57. The van der Waals surface area contributed by atoms with Crippen molar-refractivity contribution in [2.45, 2.75) is 26.6 Å². The maximum atomic E-state index is 12.4. The molecular formula is C14H12F3N5S. The highest BCUT2D eigenvalue weighted by Crippen LogP contribution is 2.29. The minimum absolute atomic E-state index is 0.277. The van der Waals surface area contributed by atoms with Gasteiger partial charge in [0.1, 0.15) is 16.5 Å². The van der Waals surface area contributed by atoms with Gasteiger partial charge in [0.2, 0.25) is 5.82 Å². The van der Waals surface area contributed by atoms with Crippen LogP contribution in [0.2, 0.25) is 0 Å². The predicted molar refractivity (Wildman–Crippen MR) is 81.2 cm³/mol. The van der Waals surface area contributed by atoms with Gasteiger partial charge in [0.15, 0.2) is 0 Å². The number of fused-ring (bicyclic) bond motifs is 1. The first-order chi connectivity index (χ1) is 10.8. The minimum atomic E-state index is -4.53. The van der Waals surface area contributed by atoms with Crippen molar-refractivity contribution in [3.8, 4) is 0 Å². The Morgan fingerprint density at radius 1 is 1.13 bits per heavy atom. The lowest BCUT2D eigenvalue weighted by Crippen LogP contribution is -2.12. The van der Waals surface area contributed by atoms with Gasteiger partial charge in [0, 0.05) is 24.5 Å². The van der Waals surface area contributed by atoms with Crippen molar-refractivity contribution in [1.82, 2.24) is 19.9 Å². The summed E-state index contributed by atoms with van der Waals surface area (Å²) in [6.45, 7) is 4.03. The molecule has 0 radical (unpaired) electrons. The van der Waals surface area contributed by atoms with E-state index in [0.29, 0.717) is 17.2 Å². The van der Waals surface area contributed by atoms with Crippen molar-refractivity contribution in [2.24, 2.45) is 0 Å². The zero-order chi connectivity index (χ0) is 16.6. The summed E-state index contributed by atoms with van der Waals surface area (Å²) in [5.41, 5.74) is 1.59. The Hall–Kier alpha value is -2.29. The first-order valence-electron chi connectivity index (χ1n) is 6.69. The van der Waals surface area contributed by atoms with E-state index >= 15 is 0 Å². The topological polar surface area (TPSA) is 63.6 Å². The molecule has 9 heteroatoms. The highest BCUT2D eigenvalue weighted by Gasteiger charge is 2.34. The molecule has 0 amide bonds. The Kier molecular flexibility index (Phi) is 3.88. The van der Waals surface area contributed by atoms with Crippen LogP contribution in [-0.4, -0.2) is 19.9 Å². The number of hydrogen-bond donors (Lipinski definition) is 1. The number of aromatic nitrogens is 4. The van der Waals surface area contributed by atoms with Crippen LogP contribution in [0.25, 0.3) is 10.2 Å². The fourth-order valence-electron chi connectivity index (χ4n) is 2.10. The van der Waals surface area contributed by atoms with Gasteiger partial charge in [-0.05, 0) is 24.8 Å². The van der Waals surface area contributed by atoms with Crippen LogP contribution in [0.4, 0.5) is 19.0 Å². The summed E-state index contributed by atoms with van der Waals surface area (Å²) in [5.74, 6) is 0.145. The lowest BCUT2D eigenvalue weighted by Gasteiger charge is -2.09. The van der Waals surface area contributed by atoms with Gasteiger partial charge in [0.05, 0.1) is 5.39 Å². The average Bonchev–Trinajstić information content (AvgIpc) is 2.85. The number of aryl methyl sites for hydroxylation is 2. The Labute approximate surface area is 133 Å². The van der Waals surface area contributed by atoms with E-state index in [2.05, 4.69) is 25.3 Å². The number of thiophene rings is 1. The number of nitrogens with zero attached hydrogens (tertiary/aromatic N) is 4. The normalized spacial score (nSPS) is 11.9. The molecule has 23 heavy (non-hydrogen) atoms. The zero-order valence-electron chi connectivity index (χ0n) is 12.3. The molecule has 3 aromatic rings. The Balaban J connectivity index is 1.82. The summed E-state index contributed by atoms with van der Waals surface area (Å²) >= 11 is 1.53. The number of rotatable bonds is 3. The molecular weight excluding hydrogens is 327 g/mol. The fourth-order valence-corrected chi connectivity index (χ4v) is 3.06. The number of alkyl halides is 3. The fraction of sp³-hybridized carbons (Fsp3) is 0.286. The van der Waals surface area contributed by atoms with Crippen LogP contribution in [-0.2, 0) is 12.7 Å². The summed E-state index contributed by atoms with van der Waals surface area (Å²) in [4.78, 5) is 16.3. The van der Waals surface area contributed by atoms with E-state index in [9.17, 15) is 13.2 Å². The molecule has 0 unspecified atom stereocenters. The third-order valence-corrected chi connectivity index (χ3v) is 4.14. The molecule has 0 bridgehead atoms. The van der Waals surface area contributed by atoms with Crippen molar-refractivity contribution in [1.29, 1.82) is 0 Å². The van der Waals surface area contributed by atoms with Crippen molar-refractivity contribution in [3.05, 3.63) is 40.5 Å². The van der Waals surface area contributed by atoms with E-state index < -0.39 is 12.0 Å². The van der Waals surface area contributed by atoms with Gasteiger partial charge in [0.25, 0.3) is 0 Å². The number of hydrogen-bond acceptors (Lipinski definition) is 6. The quantitative estimate of drug-likeness (QED) is 0.788. The van der Waals surface area contributed by atoms with E-state index in [0.717, 1.165) is 28.2 Å². The molecule has 0 aliphatic rings. The molecule has 1 N–H and O–H groups in total. The van der Waals surface area contributed by atoms with Gasteiger partial charge in [-0.1, -0.05) is 0 Å². The van der Waals surface area contributed by atoms with Crippen LogP contribution in [0, 0.1) is 13.8 Å². The maximum absolute atomic E-state index is 12.4. The molecule has 3 aromatic heterocycles. The Morgan fingerprint density at radius 3 is 2.48 bits per heavy atom. The van der Waals surface area contributed by atoms with Gasteiger partial charge in [-0.2, -0.15) is 13.2 Å². The molecule has 0 aliphatic heterocycles. The second-order valence-electron chi connectivity index (χ2n) is 4.98. The minimum Gasteiger partial charge on any atom is -0.365 e. The smallest absolute Gasteiger partial charge is 0.365 e. The molecule has 0 aromatic carbocycles. The van der Waals surface area contributed by atoms with Crippen LogP contribution in [0.3, 0.4) is 0 Å². The van der Waals surface area contributed by atoms with Gasteiger partial charge >= 0.3 is 6.18 Å². The van der Waals surface area contributed by atoms with Gasteiger partial charge in [-0.3, -0.25) is 0 Å². The lowest BCUT2D eigenvalue weighted by molar-refractivity contribution is -0.145. The largest absolute Gasteiger partial charge is 0.451 e. The van der Waals surface area contributed by atoms with Crippen molar-refractivity contribution >= 4 is 27.4 Å². The molecule has 3 heterocycles. The monoisotopic (exact) mass is 339 g/mol. The van der Waals surface area contributed by atoms with Gasteiger partial charge < -0.3 is 5.32 Å². The number of halogens is 3. The maximum Gasteiger partial charge on any atom is 0.451 e. The first kappa shape index (κ1) is 15.6. The second kappa shape index (κ2) is 5.73. The number of nitrogens with one attached hydrogen (secondary N) is 1. The van der Waals surface area contributed by atoms with Gasteiger partial charge in [-0.15, -0.1) is 11.3 Å². The Bertz CT molecular complexity index is 842. The van der Waals surface area contributed by atoms with E-state index in [1.807, 2.05) is 12.3 Å². The summed E-state index contributed by atoms with van der Waals surface area (Å²) in [6, 6.07) is 0. The highest BCUT2D eigenvalue weighted by atomic mass is 32.1. The lowest BCUT2D eigenvalue weighted by atomic mass is 10.2. The molecule has 0 saturated carbocycles. The molecule has 120 valence electrons. The van der Waals surface area contributed by atoms with E-state index in [1.54, 1.807) is 6.92 Å². The van der Waals surface area contributed by atoms with E-state index in [4.69, 9.17) is 0 Å². The number of anilines is 1. The van der Waals surface area contributed by atoms with Crippen LogP contribution in [0.1, 0.15) is 22.8 Å². The van der Waals surface area contributed by atoms with Crippen molar-refractivity contribution in [3.63, 3.8) is 0 Å². The summed E-state index contributed by atoms with van der Waals surface area (Å²) in [7, 11) is 0. The van der Waals surface area contributed by atoms with Crippen molar-refractivity contribution < 1.29 is 13.2 Å². The molecule has 0 fully saturated rings. The molecule has 0 atom stereocenters. The Morgan fingerprint density at radius 2 is 1.83 bits per heavy atom. The molecule has 0 aliphatic carbocycles. The van der Waals surface area contributed by atoms with Crippen LogP contribution >= 0.6 is 11.3 Å². The summed E-state index contributed by atoms with van der Waals surface area (Å²) < 4.78 is 37.3. The van der Waals surface area contributed by atoms with E-state index in [1.165, 1.54) is 11.3 Å². The van der Waals surface area contributed by atoms with Crippen LogP contribution in [0.15, 0.2) is 17.8 Å². The van der Waals surface area contributed by atoms with Crippen LogP contribution < -0.4 is 5.32 Å². The predicted octanol–water partition coefficient (Wildman–Crippen LogP) is 3.73. The SMILES string of the molecule is Cc1nc(NCc2cnc(C(F)(F)F)nc2)c2c(C)csc2n1. The zero-order valence-corrected chi connectivity index (χ0v) is 13.1. The van der Waals surface area contributed by atoms with E-state index in [-0.39, 0.29) is 6.54 Å². The molecule has 3 rings (SSSR count).